The third-order valence-electron chi connectivity index (χ3n) is 9.34. The molecule has 1 N–H and O–H groups in total. The van der Waals surface area contributed by atoms with Crippen molar-refractivity contribution in [3.63, 3.8) is 0 Å². The third kappa shape index (κ3) is 5.75. The maximum absolute atomic E-state index is 14.8. The Morgan fingerprint density at radius 1 is 1.00 bits per heavy atom. The van der Waals surface area contributed by atoms with Crippen molar-refractivity contribution in [3.8, 4) is 0 Å². The molecule has 2 aliphatic heterocycles. The van der Waals surface area contributed by atoms with E-state index in [1.54, 1.807) is 19.2 Å². The van der Waals surface area contributed by atoms with E-state index in [9.17, 15) is 9.18 Å². The standard InChI is InChI=1S/C31H42FN3O3/c1-37-27-20-35(21-27)22-31(25-10-6-11-26(32)18-25,28-12-7-13-29(28)33-30(36)38-2)24-14-16-34(17-15-24)19-23-8-4-3-5-9-23/h3-6,8-11,18,24,27-29H,7,12-17,19-22H2,1-2H3,(H,33,36)/t28-,29-,31-/m0/s1. The van der Waals surface area contributed by atoms with Crippen molar-refractivity contribution in [2.24, 2.45) is 11.8 Å². The number of carbonyl (C=O) groups excluding carboxylic acids is 1. The molecule has 2 aromatic rings. The Labute approximate surface area is 226 Å². The lowest BCUT2D eigenvalue weighted by Crippen LogP contribution is -2.62. The molecule has 1 saturated carbocycles. The van der Waals surface area contributed by atoms with Gasteiger partial charge in [-0.15, -0.1) is 0 Å². The van der Waals surface area contributed by atoms with Gasteiger partial charge in [0.2, 0.25) is 0 Å². The molecule has 1 amide bonds. The molecule has 1 aliphatic carbocycles. The molecule has 0 radical (unpaired) electrons. The maximum Gasteiger partial charge on any atom is 0.407 e. The van der Waals surface area contributed by atoms with Crippen LogP contribution in [0.25, 0.3) is 0 Å². The Morgan fingerprint density at radius 2 is 1.76 bits per heavy atom. The van der Waals surface area contributed by atoms with Crippen molar-refractivity contribution in [3.05, 3.63) is 71.5 Å². The zero-order chi connectivity index (χ0) is 26.5. The van der Waals surface area contributed by atoms with E-state index in [1.165, 1.54) is 12.7 Å². The smallest absolute Gasteiger partial charge is 0.407 e. The fourth-order valence-electron chi connectivity index (χ4n) is 7.45. The molecule has 0 spiro atoms. The minimum Gasteiger partial charge on any atom is -0.453 e. The number of amides is 1. The lowest BCUT2D eigenvalue weighted by Gasteiger charge is -2.54. The van der Waals surface area contributed by atoms with E-state index in [-0.39, 0.29) is 35.4 Å². The van der Waals surface area contributed by atoms with Crippen LogP contribution in [0.3, 0.4) is 0 Å². The first-order valence-corrected chi connectivity index (χ1v) is 14.1. The van der Waals surface area contributed by atoms with Gasteiger partial charge in [-0.25, -0.2) is 9.18 Å². The number of alkyl carbamates (subject to hydrolysis) is 1. The zero-order valence-corrected chi connectivity index (χ0v) is 22.8. The Balaban J connectivity index is 1.47. The van der Waals surface area contributed by atoms with Gasteiger partial charge < -0.3 is 14.8 Å². The minimum atomic E-state index is -0.379. The number of methoxy groups -OCH3 is 2. The second kappa shape index (κ2) is 12.1. The highest BCUT2D eigenvalue weighted by atomic mass is 19.1. The number of hydrogen-bond donors (Lipinski definition) is 1. The predicted octanol–water partition coefficient (Wildman–Crippen LogP) is 4.83. The number of nitrogens with one attached hydrogen (secondary N) is 1. The number of piperidine rings is 1. The molecular weight excluding hydrogens is 481 g/mol. The van der Waals surface area contributed by atoms with Crippen molar-refractivity contribution in [2.75, 3.05) is 46.9 Å². The number of benzene rings is 2. The highest BCUT2D eigenvalue weighted by Gasteiger charge is 2.53. The molecule has 206 valence electrons. The van der Waals surface area contributed by atoms with Crippen LogP contribution < -0.4 is 5.32 Å². The van der Waals surface area contributed by atoms with Gasteiger partial charge in [0.05, 0.1) is 13.2 Å². The normalized spacial score (nSPS) is 25.0. The molecule has 0 bridgehead atoms. The molecule has 3 aliphatic rings. The van der Waals surface area contributed by atoms with Crippen LogP contribution in [0, 0.1) is 17.7 Å². The SMILES string of the molecule is COC(=O)N[C@H]1CCC[C@@H]1[C@](CN1CC(OC)C1)(c1cccc(F)c1)C1CCN(Cc2ccccc2)CC1. The summed E-state index contributed by atoms with van der Waals surface area (Å²) in [6.07, 6.45) is 4.95. The molecule has 3 fully saturated rings. The van der Waals surface area contributed by atoms with Crippen molar-refractivity contribution in [1.29, 1.82) is 0 Å². The first-order chi connectivity index (χ1) is 18.5. The van der Waals surface area contributed by atoms with Gasteiger partial charge in [0.1, 0.15) is 5.82 Å². The van der Waals surface area contributed by atoms with E-state index in [0.717, 1.165) is 76.9 Å². The van der Waals surface area contributed by atoms with Gasteiger partial charge >= 0.3 is 6.09 Å². The van der Waals surface area contributed by atoms with Crippen LogP contribution in [0.4, 0.5) is 9.18 Å². The van der Waals surface area contributed by atoms with Crippen molar-refractivity contribution in [1.82, 2.24) is 15.1 Å². The molecular formula is C31H42FN3O3. The summed E-state index contributed by atoms with van der Waals surface area (Å²) in [5.74, 6) is 0.390. The number of likely N-dealkylation sites (tertiary alicyclic amines) is 2. The molecule has 0 aromatic heterocycles. The molecule has 0 unspecified atom stereocenters. The monoisotopic (exact) mass is 523 g/mol. The van der Waals surface area contributed by atoms with Crippen LogP contribution in [0.2, 0.25) is 0 Å². The van der Waals surface area contributed by atoms with Crippen molar-refractivity contribution in [2.45, 2.75) is 56.2 Å². The van der Waals surface area contributed by atoms with Crippen LogP contribution in [0.5, 0.6) is 0 Å². The Kier molecular flexibility index (Phi) is 8.66. The largest absolute Gasteiger partial charge is 0.453 e. The number of halogens is 1. The Bertz CT molecular complexity index is 1060. The van der Waals surface area contributed by atoms with Crippen LogP contribution in [-0.2, 0) is 21.4 Å². The summed E-state index contributed by atoms with van der Waals surface area (Å²) in [5.41, 5.74) is 2.14. The number of rotatable bonds is 9. The van der Waals surface area contributed by atoms with Crippen molar-refractivity contribution < 1.29 is 18.7 Å². The van der Waals surface area contributed by atoms with Gasteiger partial charge in [-0.3, -0.25) is 9.80 Å². The number of hydrogen-bond acceptors (Lipinski definition) is 5. The van der Waals surface area contributed by atoms with Crippen LogP contribution in [-0.4, -0.2) is 75.0 Å². The van der Waals surface area contributed by atoms with Gasteiger partial charge in [-0.1, -0.05) is 48.9 Å². The molecule has 3 atom stereocenters. The van der Waals surface area contributed by atoms with Gasteiger partial charge in [-0.05, 0) is 73.9 Å². The number of nitrogens with zero attached hydrogens (tertiary/aromatic N) is 2. The summed E-state index contributed by atoms with van der Waals surface area (Å²) >= 11 is 0. The first kappa shape index (κ1) is 27.1. The number of ether oxygens (including phenoxy) is 2. The lowest BCUT2D eigenvalue weighted by molar-refractivity contribution is -0.0578. The summed E-state index contributed by atoms with van der Waals surface area (Å²) in [7, 11) is 3.20. The Hall–Kier alpha value is -2.48. The lowest BCUT2D eigenvalue weighted by atomic mass is 9.57. The van der Waals surface area contributed by atoms with Gasteiger partial charge in [0, 0.05) is 44.7 Å². The van der Waals surface area contributed by atoms with Gasteiger partial charge in [-0.2, -0.15) is 0 Å². The predicted molar refractivity (Wildman–Crippen MR) is 146 cm³/mol. The summed E-state index contributed by atoms with van der Waals surface area (Å²) in [4.78, 5) is 17.4. The average Bonchev–Trinajstić information content (AvgIpc) is 3.38. The summed E-state index contributed by atoms with van der Waals surface area (Å²) in [6, 6.07) is 18.0. The Morgan fingerprint density at radius 3 is 2.45 bits per heavy atom. The molecule has 6 nitrogen and oxygen atoms in total. The second-order valence-electron chi connectivity index (χ2n) is 11.4. The minimum absolute atomic E-state index is 0.00700. The van der Waals surface area contributed by atoms with Crippen molar-refractivity contribution >= 4 is 6.09 Å². The van der Waals surface area contributed by atoms with E-state index < -0.39 is 0 Å². The van der Waals surface area contributed by atoms with E-state index in [0.29, 0.717) is 5.92 Å². The molecule has 38 heavy (non-hydrogen) atoms. The van der Waals surface area contributed by atoms with E-state index in [2.05, 4.69) is 51.5 Å². The molecule has 5 rings (SSSR count). The quantitative estimate of drug-likeness (QED) is 0.510. The van der Waals surface area contributed by atoms with Crippen LogP contribution in [0.15, 0.2) is 54.6 Å². The van der Waals surface area contributed by atoms with Gasteiger partial charge in [0.15, 0.2) is 0 Å². The fraction of sp³-hybridized carbons (Fsp3) is 0.581. The van der Waals surface area contributed by atoms with E-state index in [4.69, 9.17) is 9.47 Å². The van der Waals surface area contributed by atoms with Crippen LogP contribution >= 0.6 is 0 Å². The summed E-state index contributed by atoms with van der Waals surface area (Å²) in [6.45, 7) is 5.62. The van der Waals surface area contributed by atoms with E-state index in [1.807, 2.05) is 6.07 Å². The highest BCUT2D eigenvalue weighted by molar-refractivity contribution is 5.67. The van der Waals surface area contributed by atoms with E-state index >= 15 is 0 Å². The molecule has 2 heterocycles. The fourth-order valence-corrected chi connectivity index (χ4v) is 7.45. The molecule has 2 aromatic carbocycles. The topological polar surface area (TPSA) is 54.0 Å². The molecule has 7 heteroatoms. The maximum atomic E-state index is 14.8. The molecule has 2 saturated heterocycles. The summed E-state index contributed by atoms with van der Waals surface area (Å²) < 4.78 is 25.5. The number of carbonyl (C=O) groups is 1. The van der Waals surface area contributed by atoms with Crippen LogP contribution in [0.1, 0.15) is 43.2 Å². The average molecular weight is 524 g/mol. The third-order valence-corrected chi connectivity index (χ3v) is 9.34. The zero-order valence-electron chi connectivity index (χ0n) is 22.8. The highest BCUT2D eigenvalue weighted by Crippen LogP contribution is 2.51. The second-order valence-corrected chi connectivity index (χ2v) is 11.4. The first-order valence-electron chi connectivity index (χ1n) is 14.1. The van der Waals surface area contributed by atoms with Gasteiger partial charge in [0.25, 0.3) is 0 Å². The summed E-state index contributed by atoms with van der Waals surface area (Å²) in [5, 5.41) is 3.17.